The van der Waals surface area contributed by atoms with Crippen molar-refractivity contribution in [2.24, 2.45) is 5.73 Å². The second-order valence-corrected chi connectivity index (χ2v) is 4.53. The third-order valence-corrected chi connectivity index (χ3v) is 2.75. The van der Waals surface area contributed by atoms with Crippen LogP contribution in [0.25, 0.3) is 0 Å². The number of rotatable bonds is 7. The van der Waals surface area contributed by atoms with Gasteiger partial charge in [-0.05, 0) is 38.3 Å². The van der Waals surface area contributed by atoms with E-state index in [1.165, 1.54) is 7.11 Å². The van der Waals surface area contributed by atoms with Gasteiger partial charge in [0.2, 0.25) is 0 Å². The maximum atomic E-state index is 11.3. The molecule has 1 rings (SSSR count). The van der Waals surface area contributed by atoms with Gasteiger partial charge < -0.3 is 15.2 Å². The first-order valence-electron chi connectivity index (χ1n) is 6.11. The van der Waals surface area contributed by atoms with Crippen LogP contribution in [0.5, 0.6) is 5.75 Å². The molecule has 2 N–H and O–H groups in total. The minimum absolute atomic E-state index is 0.369. The number of ether oxygens (including phenoxy) is 2. The molecule has 0 heterocycles. The van der Waals surface area contributed by atoms with Crippen LogP contribution < -0.4 is 10.5 Å². The van der Waals surface area contributed by atoms with Crippen molar-refractivity contribution < 1.29 is 14.3 Å². The van der Waals surface area contributed by atoms with E-state index in [2.05, 4.69) is 4.74 Å². The lowest BCUT2D eigenvalue weighted by molar-refractivity contribution is -0.146. The molecule has 18 heavy (non-hydrogen) atoms. The Bertz CT molecular complexity index is 363. The van der Waals surface area contributed by atoms with Gasteiger partial charge in [-0.1, -0.05) is 18.2 Å². The zero-order valence-electron chi connectivity index (χ0n) is 11.0. The summed E-state index contributed by atoms with van der Waals surface area (Å²) in [5, 5.41) is 0. The van der Waals surface area contributed by atoms with Gasteiger partial charge in [0.1, 0.15) is 11.3 Å². The topological polar surface area (TPSA) is 61.5 Å². The van der Waals surface area contributed by atoms with Crippen LogP contribution in [0.3, 0.4) is 0 Å². The van der Waals surface area contributed by atoms with Gasteiger partial charge in [-0.15, -0.1) is 0 Å². The van der Waals surface area contributed by atoms with E-state index in [0.717, 1.165) is 18.6 Å². The molecule has 1 atom stereocenters. The van der Waals surface area contributed by atoms with E-state index in [1.54, 1.807) is 6.92 Å². The number of para-hydroxylation sites is 1. The molecule has 0 aliphatic heterocycles. The van der Waals surface area contributed by atoms with Crippen molar-refractivity contribution in [2.45, 2.75) is 31.7 Å². The highest BCUT2D eigenvalue weighted by Gasteiger charge is 2.28. The van der Waals surface area contributed by atoms with Crippen LogP contribution in [-0.2, 0) is 9.53 Å². The number of esters is 1. The van der Waals surface area contributed by atoms with Crippen LogP contribution >= 0.6 is 0 Å². The predicted molar refractivity (Wildman–Crippen MR) is 70.4 cm³/mol. The zero-order chi connectivity index (χ0) is 13.4. The number of unbranched alkanes of at least 4 members (excludes halogenated alkanes) is 1. The summed E-state index contributed by atoms with van der Waals surface area (Å²) in [6.45, 7) is 2.32. The maximum absolute atomic E-state index is 11.3. The van der Waals surface area contributed by atoms with E-state index in [0.29, 0.717) is 13.0 Å². The largest absolute Gasteiger partial charge is 0.494 e. The molecular weight excluding hydrogens is 230 g/mol. The van der Waals surface area contributed by atoms with Crippen molar-refractivity contribution >= 4 is 5.97 Å². The normalized spacial score (nSPS) is 13.7. The Hall–Kier alpha value is -1.55. The van der Waals surface area contributed by atoms with Crippen molar-refractivity contribution in [1.29, 1.82) is 0 Å². The lowest BCUT2D eigenvalue weighted by Crippen LogP contribution is -2.45. The van der Waals surface area contributed by atoms with Gasteiger partial charge in [0.15, 0.2) is 0 Å². The fraction of sp³-hybridized carbons (Fsp3) is 0.500. The summed E-state index contributed by atoms with van der Waals surface area (Å²) < 4.78 is 10.2. The summed E-state index contributed by atoms with van der Waals surface area (Å²) >= 11 is 0. The van der Waals surface area contributed by atoms with Gasteiger partial charge in [-0.3, -0.25) is 4.79 Å². The molecule has 1 aromatic carbocycles. The van der Waals surface area contributed by atoms with E-state index in [9.17, 15) is 4.79 Å². The summed E-state index contributed by atoms with van der Waals surface area (Å²) in [4.78, 5) is 11.3. The highest BCUT2D eigenvalue weighted by Crippen LogP contribution is 2.14. The fourth-order valence-corrected chi connectivity index (χ4v) is 1.64. The Morgan fingerprint density at radius 1 is 1.28 bits per heavy atom. The molecule has 1 aromatic rings. The highest BCUT2D eigenvalue weighted by atomic mass is 16.5. The van der Waals surface area contributed by atoms with Crippen molar-refractivity contribution in [3.63, 3.8) is 0 Å². The molecule has 0 amide bonds. The minimum atomic E-state index is -0.901. The van der Waals surface area contributed by atoms with Crippen LogP contribution in [0.2, 0.25) is 0 Å². The summed E-state index contributed by atoms with van der Waals surface area (Å²) in [5.74, 6) is 0.493. The number of hydrogen-bond donors (Lipinski definition) is 1. The van der Waals surface area contributed by atoms with Crippen LogP contribution in [0.1, 0.15) is 26.2 Å². The molecule has 0 bridgehead atoms. The smallest absolute Gasteiger partial charge is 0.325 e. The van der Waals surface area contributed by atoms with Gasteiger partial charge in [-0.2, -0.15) is 0 Å². The number of carbonyl (C=O) groups excluding carboxylic acids is 1. The van der Waals surface area contributed by atoms with Gasteiger partial charge in [0.25, 0.3) is 0 Å². The first-order chi connectivity index (χ1) is 8.56. The van der Waals surface area contributed by atoms with Crippen LogP contribution in [-0.4, -0.2) is 25.2 Å². The summed E-state index contributed by atoms with van der Waals surface area (Å²) in [5.41, 5.74) is 4.95. The van der Waals surface area contributed by atoms with E-state index < -0.39 is 5.54 Å². The molecule has 0 saturated heterocycles. The number of benzene rings is 1. The zero-order valence-corrected chi connectivity index (χ0v) is 11.0. The van der Waals surface area contributed by atoms with Crippen LogP contribution in [0.4, 0.5) is 0 Å². The van der Waals surface area contributed by atoms with Gasteiger partial charge >= 0.3 is 5.97 Å². The van der Waals surface area contributed by atoms with Crippen molar-refractivity contribution in [3.8, 4) is 5.75 Å². The maximum Gasteiger partial charge on any atom is 0.325 e. The van der Waals surface area contributed by atoms with Crippen LogP contribution in [0.15, 0.2) is 30.3 Å². The van der Waals surface area contributed by atoms with Crippen LogP contribution in [0, 0.1) is 0 Å². The molecule has 0 aliphatic rings. The molecule has 4 nitrogen and oxygen atoms in total. The summed E-state index contributed by atoms with van der Waals surface area (Å²) in [6, 6.07) is 9.65. The second kappa shape index (κ2) is 7.01. The monoisotopic (exact) mass is 251 g/mol. The molecule has 0 spiro atoms. The third kappa shape index (κ3) is 4.75. The SMILES string of the molecule is COC(=O)C(C)(N)CCCCOc1ccccc1. The van der Waals surface area contributed by atoms with Crippen molar-refractivity contribution in [1.82, 2.24) is 0 Å². The number of carbonyl (C=O) groups is 1. The van der Waals surface area contributed by atoms with E-state index >= 15 is 0 Å². The van der Waals surface area contributed by atoms with Crippen molar-refractivity contribution in [3.05, 3.63) is 30.3 Å². The Labute approximate surface area is 108 Å². The Kier molecular flexibility index (Phi) is 5.65. The molecule has 0 radical (unpaired) electrons. The first kappa shape index (κ1) is 14.5. The number of nitrogens with two attached hydrogens (primary N) is 1. The molecular formula is C14H21NO3. The van der Waals surface area contributed by atoms with Gasteiger partial charge in [0.05, 0.1) is 13.7 Å². The summed E-state index contributed by atoms with van der Waals surface area (Å²) in [6.07, 6.45) is 2.28. The quantitative estimate of drug-likeness (QED) is 0.595. The van der Waals surface area contributed by atoms with Gasteiger partial charge in [-0.25, -0.2) is 0 Å². The molecule has 0 fully saturated rings. The first-order valence-corrected chi connectivity index (χ1v) is 6.11. The molecule has 0 aliphatic carbocycles. The Morgan fingerprint density at radius 3 is 2.56 bits per heavy atom. The predicted octanol–water partition coefficient (Wildman–Crippen LogP) is 2.13. The Balaban J connectivity index is 2.17. The van der Waals surface area contributed by atoms with Crippen molar-refractivity contribution in [2.75, 3.05) is 13.7 Å². The van der Waals surface area contributed by atoms with E-state index in [4.69, 9.17) is 10.5 Å². The van der Waals surface area contributed by atoms with E-state index in [1.807, 2.05) is 30.3 Å². The molecule has 1 unspecified atom stereocenters. The second-order valence-electron chi connectivity index (χ2n) is 4.53. The average Bonchev–Trinajstić information content (AvgIpc) is 2.38. The lowest BCUT2D eigenvalue weighted by atomic mass is 9.96. The average molecular weight is 251 g/mol. The number of methoxy groups -OCH3 is 1. The highest BCUT2D eigenvalue weighted by molar-refractivity contribution is 5.79. The summed E-state index contributed by atoms with van der Waals surface area (Å²) in [7, 11) is 1.35. The third-order valence-electron chi connectivity index (χ3n) is 2.75. The standard InChI is InChI=1S/C14H21NO3/c1-14(15,13(16)17-2)10-6-7-11-18-12-8-4-3-5-9-12/h3-5,8-9H,6-7,10-11,15H2,1-2H3. The Morgan fingerprint density at radius 2 is 1.94 bits per heavy atom. The van der Waals surface area contributed by atoms with Gasteiger partial charge in [0, 0.05) is 0 Å². The molecule has 4 heteroatoms. The molecule has 0 aromatic heterocycles. The fourth-order valence-electron chi connectivity index (χ4n) is 1.64. The number of hydrogen-bond acceptors (Lipinski definition) is 4. The van der Waals surface area contributed by atoms with E-state index in [-0.39, 0.29) is 5.97 Å². The lowest BCUT2D eigenvalue weighted by Gasteiger charge is -2.21. The molecule has 100 valence electrons. The minimum Gasteiger partial charge on any atom is -0.494 e. The molecule has 0 saturated carbocycles.